The number of imidazole rings is 2. The summed E-state index contributed by atoms with van der Waals surface area (Å²) in [5, 5.41) is 7.11. The molecule has 13 aromatic rings. The predicted molar refractivity (Wildman–Crippen MR) is 260 cm³/mol. The number of furan rings is 1. The van der Waals surface area contributed by atoms with E-state index in [2.05, 4.69) is 176 Å². The summed E-state index contributed by atoms with van der Waals surface area (Å²) in [5.41, 5.74) is 15.5. The van der Waals surface area contributed by atoms with E-state index in [1.54, 1.807) is 0 Å². The summed E-state index contributed by atoms with van der Waals surface area (Å²) in [5.74, 6) is 2.66. The van der Waals surface area contributed by atoms with Crippen molar-refractivity contribution in [1.29, 1.82) is 0 Å². The van der Waals surface area contributed by atoms with Crippen molar-refractivity contribution in [2.45, 2.75) is 39.5 Å². The second-order valence-electron chi connectivity index (χ2n) is 17.2. The molecular formula is C57H43IrN5O-2. The molecule has 6 nitrogen and oxygen atoms in total. The van der Waals surface area contributed by atoms with Gasteiger partial charge in [0.15, 0.2) is 0 Å². The van der Waals surface area contributed by atoms with Gasteiger partial charge >= 0.3 is 0 Å². The first kappa shape index (κ1) is 39.8. The fourth-order valence-corrected chi connectivity index (χ4v) is 9.97. The maximum absolute atomic E-state index is 6.81. The van der Waals surface area contributed by atoms with Gasteiger partial charge in [-0.1, -0.05) is 118 Å². The van der Waals surface area contributed by atoms with Crippen LogP contribution in [0.5, 0.6) is 0 Å². The summed E-state index contributed by atoms with van der Waals surface area (Å²) in [4.78, 5) is 9.94. The van der Waals surface area contributed by atoms with Gasteiger partial charge in [-0.3, -0.25) is 9.97 Å². The first-order valence-electron chi connectivity index (χ1n) is 21.8. The molecule has 0 N–H and O–H groups in total. The third-order valence-corrected chi connectivity index (χ3v) is 12.9. The molecule has 0 amide bonds. The number of nitrogens with zero attached hydrogens (tertiary/aromatic N) is 5. The Bertz CT molecular complexity index is 3860. The molecule has 64 heavy (non-hydrogen) atoms. The summed E-state index contributed by atoms with van der Waals surface area (Å²) in [6.07, 6.45) is 0. The minimum absolute atomic E-state index is 0. The number of hydrogen-bond acceptors (Lipinski definition) is 3. The Labute approximate surface area is 384 Å². The van der Waals surface area contributed by atoms with Gasteiger partial charge in [-0.2, -0.15) is 0 Å². The molecule has 5 heterocycles. The van der Waals surface area contributed by atoms with Crippen LogP contribution in [0.3, 0.4) is 0 Å². The first-order valence-corrected chi connectivity index (χ1v) is 21.8. The van der Waals surface area contributed by atoms with Gasteiger partial charge in [-0.15, -0.1) is 54.1 Å². The molecule has 1 radical (unpaired) electrons. The van der Waals surface area contributed by atoms with Crippen LogP contribution >= 0.6 is 0 Å². The summed E-state index contributed by atoms with van der Waals surface area (Å²) in [6, 6.07) is 61.9. The van der Waals surface area contributed by atoms with E-state index in [1.807, 2.05) is 42.5 Å². The molecule has 0 unspecified atom stereocenters. The number of benzene rings is 8. The molecule has 0 aliphatic rings. The summed E-state index contributed by atoms with van der Waals surface area (Å²) >= 11 is 0. The molecule has 0 saturated heterocycles. The Kier molecular flexibility index (Phi) is 9.53. The van der Waals surface area contributed by atoms with E-state index in [4.69, 9.17) is 14.4 Å². The van der Waals surface area contributed by atoms with Crippen LogP contribution in [0.25, 0.3) is 111 Å². The number of rotatable bonds is 5. The van der Waals surface area contributed by atoms with Gasteiger partial charge in [0.05, 0.1) is 61.2 Å². The normalized spacial score (nSPS) is 12.0. The monoisotopic (exact) mass is 1010 g/mol. The standard InChI is InChI=1S/C32H18N3O.C25H25N2.Ir/c1-34-27-16-7-4-13-24(27)33-32(34)21-12-8-11-19-23-17-22-18-9-2-5-14-25(18)35-26-15-6-3-10-20(26)28(29(22)35)31(23)36-30(19)21;1-17(2)20-13-10-14-21(18(3)4)24(20)27-23-16-9-8-15-22(23)26-25(27)19-11-6-5-7-12-19;/h2-11,13-17H,1H3;5-11,13-18H,1-4H3;/q2*-1;. The summed E-state index contributed by atoms with van der Waals surface area (Å²) in [6.45, 7) is 9.04. The molecule has 13 rings (SSSR count). The molecule has 5 aromatic heterocycles. The summed E-state index contributed by atoms with van der Waals surface area (Å²) < 4.78 is 13.7. The molecule has 0 atom stereocenters. The van der Waals surface area contributed by atoms with Crippen molar-refractivity contribution in [3.63, 3.8) is 0 Å². The average molecular weight is 1010 g/mol. The molecule has 0 aliphatic carbocycles. The zero-order chi connectivity index (χ0) is 42.5. The topological polar surface area (TPSA) is 53.2 Å². The number of para-hydroxylation sites is 7. The number of fused-ring (bicyclic) bond motifs is 12. The minimum Gasteiger partial charge on any atom is -0.500 e. The largest absolute Gasteiger partial charge is 0.500 e. The predicted octanol–water partition coefficient (Wildman–Crippen LogP) is 14.8. The van der Waals surface area contributed by atoms with E-state index in [1.165, 1.54) is 54.9 Å². The Morgan fingerprint density at radius 3 is 1.81 bits per heavy atom. The Balaban J connectivity index is 0.000000147. The Morgan fingerprint density at radius 2 is 1.12 bits per heavy atom. The Hall–Kier alpha value is -7.05. The van der Waals surface area contributed by atoms with E-state index in [9.17, 15) is 0 Å². The van der Waals surface area contributed by atoms with E-state index >= 15 is 0 Å². The molecule has 0 saturated carbocycles. The zero-order valence-electron chi connectivity index (χ0n) is 36.1. The third-order valence-electron chi connectivity index (χ3n) is 12.9. The summed E-state index contributed by atoms with van der Waals surface area (Å²) in [7, 11) is 2.05. The molecule has 0 aliphatic heterocycles. The Morgan fingerprint density at radius 1 is 0.516 bits per heavy atom. The van der Waals surface area contributed by atoms with Crippen LogP contribution < -0.4 is 0 Å². The van der Waals surface area contributed by atoms with Crippen molar-refractivity contribution < 1.29 is 24.5 Å². The van der Waals surface area contributed by atoms with Crippen molar-refractivity contribution in [3.8, 4) is 28.5 Å². The van der Waals surface area contributed by atoms with Gasteiger partial charge in [-0.25, -0.2) is 0 Å². The van der Waals surface area contributed by atoms with Crippen LogP contribution in [0.4, 0.5) is 0 Å². The molecule has 0 spiro atoms. The third kappa shape index (κ3) is 5.88. The molecule has 313 valence electrons. The van der Waals surface area contributed by atoms with Crippen molar-refractivity contribution in [2.75, 3.05) is 0 Å². The molecular weight excluding hydrogens is 963 g/mol. The van der Waals surface area contributed by atoms with Crippen LogP contribution in [0, 0.1) is 12.1 Å². The van der Waals surface area contributed by atoms with Crippen LogP contribution in [0.1, 0.15) is 50.7 Å². The second-order valence-corrected chi connectivity index (χ2v) is 17.2. The average Bonchev–Trinajstić information content (AvgIpc) is 4.13. The number of aryl methyl sites for hydroxylation is 1. The van der Waals surface area contributed by atoms with Gasteiger partial charge in [0.25, 0.3) is 0 Å². The zero-order valence-corrected chi connectivity index (χ0v) is 38.5. The van der Waals surface area contributed by atoms with Crippen LogP contribution in [-0.2, 0) is 27.2 Å². The smallest absolute Gasteiger partial charge is 0.131 e. The van der Waals surface area contributed by atoms with Gasteiger partial charge in [0.1, 0.15) is 5.58 Å². The van der Waals surface area contributed by atoms with E-state index < -0.39 is 0 Å². The van der Waals surface area contributed by atoms with Crippen molar-refractivity contribution in [3.05, 3.63) is 181 Å². The van der Waals surface area contributed by atoms with Gasteiger partial charge < -0.3 is 18.0 Å². The maximum Gasteiger partial charge on any atom is 0.131 e. The first-order chi connectivity index (χ1) is 30.9. The maximum atomic E-state index is 6.81. The van der Waals surface area contributed by atoms with Gasteiger partial charge in [0, 0.05) is 54.4 Å². The van der Waals surface area contributed by atoms with Crippen molar-refractivity contribution >= 4 is 82.1 Å². The van der Waals surface area contributed by atoms with E-state index in [-0.39, 0.29) is 20.1 Å². The van der Waals surface area contributed by atoms with Gasteiger partial charge in [0.2, 0.25) is 0 Å². The molecule has 0 bridgehead atoms. The molecule has 7 heteroatoms. The number of hydrogen-bond donors (Lipinski definition) is 0. The fraction of sp³-hybridized carbons (Fsp3) is 0.123. The number of aromatic nitrogens is 5. The van der Waals surface area contributed by atoms with Gasteiger partial charge in [-0.05, 0) is 65.4 Å². The van der Waals surface area contributed by atoms with E-state index in [0.29, 0.717) is 11.8 Å². The van der Waals surface area contributed by atoms with E-state index in [0.717, 1.165) is 66.8 Å². The SMILES string of the molecule is CC(C)c1cccc(C(C)C)c1-n1c(-c2[c-]cccc2)nc2ccccc21.Cn1c(-c2[c-]ccc3c2oc2c3cc3c4ccccc4n4c5ccccc5c2c34)nc2ccccc21.[Ir]. The molecule has 0 fully saturated rings. The van der Waals surface area contributed by atoms with Crippen molar-refractivity contribution in [2.24, 2.45) is 7.05 Å². The van der Waals surface area contributed by atoms with Crippen LogP contribution in [0.2, 0.25) is 0 Å². The quantitative estimate of drug-likeness (QED) is 0.161. The molecule has 8 aromatic carbocycles. The van der Waals surface area contributed by atoms with Crippen LogP contribution in [0.15, 0.2) is 162 Å². The second kappa shape index (κ2) is 15.3. The fourth-order valence-electron chi connectivity index (χ4n) is 9.97. The van der Waals surface area contributed by atoms with Crippen LogP contribution in [-0.4, -0.2) is 23.5 Å². The van der Waals surface area contributed by atoms with Crippen molar-refractivity contribution in [1.82, 2.24) is 23.5 Å². The minimum atomic E-state index is 0.